The molecular formula is C11H20N2O2. The lowest BCUT2D eigenvalue weighted by molar-refractivity contribution is -0.0770. The Morgan fingerprint density at radius 1 is 1.60 bits per heavy atom. The molecule has 1 heterocycles. The third-order valence-corrected chi connectivity index (χ3v) is 2.83. The lowest BCUT2D eigenvalue weighted by Crippen LogP contribution is -2.39. The molecule has 1 rings (SSSR count). The molecule has 86 valence electrons. The lowest BCUT2D eigenvalue weighted by atomic mass is 9.97. The number of hydrogen-bond acceptors (Lipinski definition) is 3. The molecule has 0 bridgehead atoms. The Bertz CT molecular complexity index is 331. The first-order valence-electron chi connectivity index (χ1n) is 5.09. The number of aryl methyl sites for hydroxylation is 2. The van der Waals surface area contributed by atoms with Crippen molar-refractivity contribution in [2.75, 3.05) is 7.11 Å². The van der Waals surface area contributed by atoms with Gasteiger partial charge in [-0.2, -0.15) is 5.10 Å². The molecule has 0 aliphatic rings. The van der Waals surface area contributed by atoms with E-state index in [0.717, 1.165) is 11.4 Å². The summed E-state index contributed by atoms with van der Waals surface area (Å²) in [5, 5.41) is 14.2. The Kier molecular flexibility index (Phi) is 3.52. The molecule has 0 aliphatic heterocycles. The molecule has 0 aliphatic carbocycles. The lowest BCUT2D eigenvalue weighted by Gasteiger charge is -2.28. The maximum absolute atomic E-state index is 10.00. The third-order valence-electron chi connectivity index (χ3n) is 2.83. The maximum atomic E-state index is 10.00. The highest BCUT2D eigenvalue weighted by molar-refractivity contribution is 5.10. The number of rotatable bonds is 4. The monoisotopic (exact) mass is 212 g/mol. The van der Waals surface area contributed by atoms with E-state index in [1.54, 1.807) is 11.8 Å². The molecule has 1 atom stereocenters. The van der Waals surface area contributed by atoms with Gasteiger partial charge in [-0.05, 0) is 26.8 Å². The zero-order valence-corrected chi connectivity index (χ0v) is 10.1. The van der Waals surface area contributed by atoms with E-state index in [1.165, 1.54) is 0 Å². The molecule has 4 heteroatoms. The molecular weight excluding hydrogens is 192 g/mol. The quantitative estimate of drug-likeness (QED) is 0.811. The van der Waals surface area contributed by atoms with E-state index in [4.69, 9.17) is 4.74 Å². The summed E-state index contributed by atoms with van der Waals surface area (Å²) in [5.74, 6) is 0. The number of methoxy groups -OCH3 is 1. The third kappa shape index (κ3) is 2.79. The van der Waals surface area contributed by atoms with Crippen LogP contribution in [0.1, 0.15) is 25.2 Å². The number of nitrogens with zero attached hydrogens (tertiary/aromatic N) is 2. The van der Waals surface area contributed by atoms with Gasteiger partial charge in [-0.25, -0.2) is 0 Å². The molecule has 0 aromatic carbocycles. The molecule has 0 saturated carbocycles. The average Bonchev–Trinajstić information content (AvgIpc) is 2.45. The normalized spacial score (nSPS) is 14.3. The van der Waals surface area contributed by atoms with Crippen molar-refractivity contribution >= 4 is 0 Å². The van der Waals surface area contributed by atoms with Crippen LogP contribution in [0.5, 0.6) is 0 Å². The van der Waals surface area contributed by atoms with Crippen molar-refractivity contribution in [3.63, 3.8) is 0 Å². The van der Waals surface area contributed by atoms with Crippen LogP contribution >= 0.6 is 0 Å². The topological polar surface area (TPSA) is 47.3 Å². The number of ether oxygens (including phenoxy) is 1. The molecule has 1 aromatic rings. The molecule has 1 unspecified atom stereocenters. The molecule has 0 spiro atoms. The molecule has 15 heavy (non-hydrogen) atoms. The van der Waals surface area contributed by atoms with Gasteiger partial charge in [0.25, 0.3) is 0 Å². The minimum Gasteiger partial charge on any atom is -0.390 e. The van der Waals surface area contributed by atoms with Gasteiger partial charge in [-0.3, -0.25) is 4.68 Å². The summed E-state index contributed by atoms with van der Waals surface area (Å²) < 4.78 is 7.03. The van der Waals surface area contributed by atoms with E-state index in [9.17, 15) is 5.11 Å². The first-order chi connectivity index (χ1) is 6.86. The highest BCUT2D eigenvalue weighted by Gasteiger charge is 2.28. The van der Waals surface area contributed by atoms with Crippen molar-refractivity contribution in [3.8, 4) is 0 Å². The summed E-state index contributed by atoms with van der Waals surface area (Å²) in [6.45, 7) is 5.69. The highest BCUT2D eigenvalue weighted by atomic mass is 16.5. The molecule has 0 fully saturated rings. The zero-order valence-electron chi connectivity index (χ0n) is 10.1. The van der Waals surface area contributed by atoms with Gasteiger partial charge in [-0.1, -0.05) is 0 Å². The molecule has 1 aromatic heterocycles. The summed E-state index contributed by atoms with van der Waals surface area (Å²) in [6.07, 6.45) is 0.0235. The Hall–Kier alpha value is -0.870. The van der Waals surface area contributed by atoms with Gasteiger partial charge in [0, 0.05) is 26.3 Å². The molecule has 0 amide bonds. The van der Waals surface area contributed by atoms with Gasteiger partial charge in [0.05, 0.1) is 17.4 Å². The summed E-state index contributed by atoms with van der Waals surface area (Å²) in [6, 6.07) is 1.98. The SMILES string of the molecule is COC(C)(C)C(O)Cc1cc(C)nn1C. The van der Waals surface area contributed by atoms with Crippen LogP contribution in [0.3, 0.4) is 0 Å². The predicted octanol–water partition coefficient (Wildman–Crippen LogP) is 1.06. The van der Waals surface area contributed by atoms with E-state index in [-0.39, 0.29) is 0 Å². The second-order valence-electron chi connectivity index (χ2n) is 4.43. The highest BCUT2D eigenvalue weighted by Crippen LogP contribution is 2.18. The maximum Gasteiger partial charge on any atom is 0.0884 e. The minimum absolute atomic E-state index is 0.530. The van der Waals surface area contributed by atoms with Crippen molar-refractivity contribution in [1.29, 1.82) is 0 Å². The van der Waals surface area contributed by atoms with Crippen LogP contribution in [0.25, 0.3) is 0 Å². The summed E-state index contributed by atoms with van der Waals surface area (Å²) in [5.41, 5.74) is 1.46. The number of aliphatic hydroxyl groups is 1. The smallest absolute Gasteiger partial charge is 0.0884 e. The number of aromatic nitrogens is 2. The van der Waals surface area contributed by atoms with Crippen molar-refractivity contribution in [2.45, 2.75) is 38.9 Å². The average molecular weight is 212 g/mol. The van der Waals surface area contributed by atoms with Crippen LogP contribution in [0.15, 0.2) is 6.07 Å². The van der Waals surface area contributed by atoms with Gasteiger partial charge in [0.2, 0.25) is 0 Å². The van der Waals surface area contributed by atoms with E-state index in [0.29, 0.717) is 6.42 Å². The van der Waals surface area contributed by atoms with Gasteiger partial charge < -0.3 is 9.84 Å². The molecule has 0 saturated heterocycles. The molecule has 4 nitrogen and oxygen atoms in total. The van der Waals surface area contributed by atoms with Gasteiger partial charge in [-0.15, -0.1) is 0 Å². The van der Waals surface area contributed by atoms with Crippen LogP contribution in [0.4, 0.5) is 0 Å². The first-order valence-corrected chi connectivity index (χ1v) is 5.09. The summed E-state index contributed by atoms with van der Waals surface area (Å²) in [4.78, 5) is 0. The fourth-order valence-corrected chi connectivity index (χ4v) is 1.44. The predicted molar refractivity (Wildman–Crippen MR) is 58.7 cm³/mol. The van der Waals surface area contributed by atoms with E-state index < -0.39 is 11.7 Å². The van der Waals surface area contributed by atoms with Gasteiger partial charge >= 0.3 is 0 Å². The number of hydrogen-bond donors (Lipinski definition) is 1. The second kappa shape index (κ2) is 4.33. The second-order valence-corrected chi connectivity index (χ2v) is 4.43. The standard InChI is InChI=1S/C11H20N2O2/c1-8-6-9(13(4)12-8)7-10(14)11(2,3)15-5/h6,10,14H,7H2,1-5H3. The zero-order chi connectivity index (χ0) is 11.6. The Morgan fingerprint density at radius 3 is 2.60 bits per heavy atom. The molecule has 1 N–H and O–H groups in total. The summed E-state index contributed by atoms with van der Waals surface area (Å²) in [7, 11) is 3.49. The first kappa shape index (κ1) is 12.2. The van der Waals surface area contributed by atoms with Crippen LogP contribution in [0.2, 0.25) is 0 Å². The summed E-state index contributed by atoms with van der Waals surface area (Å²) >= 11 is 0. The van der Waals surface area contributed by atoms with Crippen LogP contribution in [0, 0.1) is 6.92 Å². The Labute approximate surface area is 90.9 Å². The number of aliphatic hydroxyl groups excluding tert-OH is 1. The molecule has 0 radical (unpaired) electrons. The van der Waals surface area contributed by atoms with E-state index in [1.807, 2.05) is 33.9 Å². The van der Waals surface area contributed by atoms with Crippen molar-refractivity contribution in [2.24, 2.45) is 7.05 Å². The van der Waals surface area contributed by atoms with Crippen molar-refractivity contribution in [1.82, 2.24) is 9.78 Å². The van der Waals surface area contributed by atoms with E-state index in [2.05, 4.69) is 5.10 Å². The Morgan fingerprint density at radius 2 is 2.20 bits per heavy atom. The van der Waals surface area contributed by atoms with Crippen LogP contribution < -0.4 is 0 Å². The Balaban J connectivity index is 2.74. The minimum atomic E-state index is -0.530. The largest absolute Gasteiger partial charge is 0.390 e. The van der Waals surface area contributed by atoms with Crippen LogP contribution in [-0.2, 0) is 18.2 Å². The van der Waals surface area contributed by atoms with Crippen molar-refractivity contribution in [3.05, 3.63) is 17.5 Å². The van der Waals surface area contributed by atoms with Crippen molar-refractivity contribution < 1.29 is 9.84 Å². The van der Waals surface area contributed by atoms with Gasteiger partial charge in [0.1, 0.15) is 0 Å². The fourth-order valence-electron chi connectivity index (χ4n) is 1.44. The van der Waals surface area contributed by atoms with Crippen LogP contribution in [-0.4, -0.2) is 33.7 Å². The van der Waals surface area contributed by atoms with E-state index >= 15 is 0 Å². The van der Waals surface area contributed by atoms with Gasteiger partial charge in [0.15, 0.2) is 0 Å². The fraction of sp³-hybridized carbons (Fsp3) is 0.727.